The lowest BCUT2D eigenvalue weighted by atomic mass is 10.0. The highest BCUT2D eigenvalue weighted by Crippen LogP contribution is 2.29. The van der Waals surface area contributed by atoms with E-state index in [0.29, 0.717) is 13.1 Å². The largest absolute Gasteiger partial charge is 0.388 e. The van der Waals surface area contributed by atoms with Crippen molar-refractivity contribution in [3.05, 3.63) is 35.6 Å². The topological polar surface area (TPSA) is 52.6 Å². The maximum Gasteiger partial charge on any atom is 0.237 e. The summed E-state index contributed by atoms with van der Waals surface area (Å²) in [6.45, 7) is 1.88. The van der Waals surface area contributed by atoms with Crippen molar-refractivity contribution in [2.24, 2.45) is 0 Å². The first kappa shape index (κ1) is 16.4. The van der Waals surface area contributed by atoms with Gasteiger partial charge >= 0.3 is 0 Å². The van der Waals surface area contributed by atoms with Crippen LogP contribution in [0, 0.1) is 5.82 Å². The van der Waals surface area contributed by atoms with E-state index in [-0.39, 0.29) is 17.8 Å². The first-order chi connectivity index (χ1) is 11.1. The van der Waals surface area contributed by atoms with Gasteiger partial charge < -0.3 is 10.4 Å². The van der Waals surface area contributed by atoms with E-state index in [4.69, 9.17) is 0 Å². The molecule has 1 heterocycles. The molecule has 0 bridgehead atoms. The number of aliphatic hydroxyl groups is 1. The van der Waals surface area contributed by atoms with Crippen molar-refractivity contribution in [3.8, 4) is 0 Å². The maximum atomic E-state index is 13.0. The molecule has 23 heavy (non-hydrogen) atoms. The molecule has 2 aliphatic rings. The summed E-state index contributed by atoms with van der Waals surface area (Å²) >= 11 is 0. The number of carbonyl (C=O) groups is 1. The number of likely N-dealkylation sites (tertiary alicyclic amines) is 1. The highest BCUT2D eigenvalue weighted by atomic mass is 19.1. The summed E-state index contributed by atoms with van der Waals surface area (Å²) in [6.07, 6.45) is 5.45. The van der Waals surface area contributed by atoms with Crippen LogP contribution in [0.3, 0.4) is 0 Å². The quantitative estimate of drug-likeness (QED) is 0.874. The number of hydrogen-bond donors (Lipinski definition) is 2. The Hall–Kier alpha value is -1.46. The third-order valence-electron chi connectivity index (χ3n) is 5.09. The zero-order valence-electron chi connectivity index (χ0n) is 13.4. The van der Waals surface area contributed by atoms with E-state index in [1.54, 1.807) is 12.1 Å². The van der Waals surface area contributed by atoms with Gasteiger partial charge in [-0.05, 0) is 49.9 Å². The second-order valence-electron chi connectivity index (χ2n) is 6.90. The number of hydrogen-bond acceptors (Lipinski definition) is 3. The predicted molar refractivity (Wildman–Crippen MR) is 86.3 cm³/mol. The predicted octanol–water partition coefficient (Wildman–Crippen LogP) is 2.21. The molecule has 2 N–H and O–H groups in total. The molecule has 1 aromatic rings. The lowest BCUT2D eigenvalue weighted by Crippen LogP contribution is -2.48. The third kappa shape index (κ3) is 4.09. The van der Waals surface area contributed by atoms with Gasteiger partial charge in [-0.3, -0.25) is 9.69 Å². The molecule has 0 aromatic heterocycles. The molecule has 5 heteroatoms. The molecule has 0 radical (unpaired) electrons. The molecule has 1 aliphatic heterocycles. The molecule has 1 saturated heterocycles. The number of carbonyl (C=O) groups excluding carboxylic acids is 1. The van der Waals surface area contributed by atoms with E-state index in [9.17, 15) is 14.3 Å². The van der Waals surface area contributed by atoms with Crippen LogP contribution in [0.25, 0.3) is 0 Å². The minimum Gasteiger partial charge on any atom is -0.388 e. The Morgan fingerprint density at radius 1 is 1.26 bits per heavy atom. The van der Waals surface area contributed by atoms with E-state index < -0.39 is 5.60 Å². The summed E-state index contributed by atoms with van der Waals surface area (Å²) in [4.78, 5) is 14.6. The SMILES string of the molecule is O=C(NCC1(O)CCCC1)C1CCCN1Cc1ccc(F)cc1. The number of nitrogens with zero attached hydrogens (tertiary/aromatic N) is 1. The highest BCUT2D eigenvalue weighted by molar-refractivity contribution is 5.82. The number of halogens is 1. The van der Waals surface area contributed by atoms with Gasteiger partial charge in [-0.2, -0.15) is 0 Å². The van der Waals surface area contributed by atoms with Crippen molar-refractivity contribution < 1.29 is 14.3 Å². The van der Waals surface area contributed by atoms with Crippen molar-refractivity contribution in [1.82, 2.24) is 10.2 Å². The molecule has 1 saturated carbocycles. The van der Waals surface area contributed by atoms with Gasteiger partial charge in [-0.15, -0.1) is 0 Å². The second kappa shape index (κ2) is 6.97. The van der Waals surface area contributed by atoms with E-state index in [1.807, 2.05) is 0 Å². The Morgan fingerprint density at radius 3 is 2.65 bits per heavy atom. The lowest BCUT2D eigenvalue weighted by molar-refractivity contribution is -0.126. The van der Waals surface area contributed by atoms with Crippen LogP contribution < -0.4 is 5.32 Å². The molecule has 4 nitrogen and oxygen atoms in total. The Morgan fingerprint density at radius 2 is 1.96 bits per heavy atom. The van der Waals surface area contributed by atoms with E-state index >= 15 is 0 Å². The number of rotatable bonds is 5. The normalized spacial score (nSPS) is 24.0. The molecule has 1 aromatic carbocycles. The van der Waals surface area contributed by atoms with Gasteiger partial charge in [0.15, 0.2) is 0 Å². The second-order valence-corrected chi connectivity index (χ2v) is 6.90. The molecule has 1 atom stereocenters. The summed E-state index contributed by atoms with van der Waals surface area (Å²) < 4.78 is 13.0. The zero-order chi connectivity index (χ0) is 16.3. The number of benzene rings is 1. The van der Waals surface area contributed by atoms with Gasteiger partial charge in [0.1, 0.15) is 5.82 Å². The van der Waals surface area contributed by atoms with Gasteiger partial charge in [0.2, 0.25) is 5.91 Å². The van der Waals surface area contributed by atoms with Crippen molar-refractivity contribution in [1.29, 1.82) is 0 Å². The molecule has 126 valence electrons. The summed E-state index contributed by atoms with van der Waals surface area (Å²) in [7, 11) is 0. The van der Waals surface area contributed by atoms with Crippen LogP contribution >= 0.6 is 0 Å². The van der Waals surface area contributed by atoms with Crippen LogP contribution in [0.4, 0.5) is 4.39 Å². The van der Waals surface area contributed by atoms with Crippen LogP contribution in [0.5, 0.6) is 0 Å². The van der Waals surface area contributed by atoms with Crippen molar-refractivity contribution in [2.75, 3.05) is 13.1 Å². The fourth-order valence-electron chi connectivity index (χ4n) is 3.72. The number of amides is 1. The maximum absolute atomic E-state index is 13.0. The highest BCUT2D eigenvalue weighted by Gasteiger charge is 2.34. The average Bonchev–Trinajstić information content (AvgIpc) is 3.17. The first-order valence-electron chi connectivity index (χ1n) is 8.54. The molecule has 1 unspecified atom stereocenters. The Kier molecular flexibility index (Phi) is 4.97. The summed E-state index contributed by atoms with van der Waals surface area (Å²) in [5.41, 5.74) is 0.302. The fourth-order valence-corrected chi connectivity index (χ4v) is 3.72. The Labute approximate surface area is 136 Å². The van der Waals surface area contributed by atoms with Crippen LogP contribution in [0.2, 0.25) is 0 Å². The standard InChI is InChI=1S/C18H25FN2O2/c19-15-7-5-14(6-8-15)12-21-11-3-4-16(21)17(22)20-13-18(23)9-1-2-10-18/h5-8,16,23H,1-4,9-13H2,(H,20,22). The summed E-state index contributed by atoms with van der Waals surface area (Å²) in [5, 5.41) is 13.3. The van der Waals surface area contributed by atoms with Crippen LogP contribution in [0.1, 0.15) is 44.1 Å². The summed E-state index contributed by atoms with van der Waals surface area (Å²) in [5.74, 6) is -0.237. The Balaban J connectivity index is 1.55. The monoisotopic (exact) mass is 320 g/mol. The zero-order valence-corrected chi connectivity index (χ0v) is 13.4. The van der Waals surface area contributed by atoms with E-state index in [0.717, 1.165) is 50.6 Å². The number of nitrogens with one attached hydrogen (secondary N) is 1. The van der Waals surface area contributed by atoms with Crippen molar-refractivity contribution in [3.63, 3.8) is 0 Å². The van der Waals surface area contributed by atoms with Crippen LogP contribution in [-0.4, -0.2) is 40.6 Å². The molecular formula is C18H25FN2O2. The van der Waals surface area contributed by atoms with Gasteiger partial charge in [0.05, 0.1) is 11.6 Å². The van der Waals surface area contributed by atoms with Crippen molar-refractivity contribution >= 4 is 5.91 Å². The molecule has 3 rings (SSSR count). The van der Waals surface area contributed by atoms with Crippen LogP contribution in [-0.2, 0) is 11.3 Å². The van der Waals surface area contributed by atoms with E-state index in [1.165, 1.54) is 12.1 Å². The molecule has 1 aliphatic carbocycles. The van der Waals surface area contributed by atoms with Crippen LogP contribution in [0.15, 0.2) is 24.3 Å². The first-order valence-corrected chi connectivity index (χ1v) is 8.54. The lowest BCUT2D eigenvalue weighted by Gasteiger charge is -2.27. The Bertz CT molecular complexity index is 540. The average molecular weight is 320 g/mol. The molecule has 2 fully saturated rings. The van der Waals surface area contributed by atoms with Gasteiger partial charge in [-0.25, -0.2) is 4.39 Å². The molecular weight excluding hydrogens is 295 g/mol. The van der Waals surface area contributed by atoms with E-state index in [2.05, 4.69) is 10.2 Å². The third-order valence-corrected chi connectivity index (χ3v) is 5.09. The van der Waals surface area contributed by atoms with Gasteiger partial charge in [0.25, 0.3) is 0 Å². The minimum absolute atomic E-state index is 0.00457. The van der Waals surface area contributed by atoms with Crippen molar-refractivity contribution in [2.45, 2.75) is 56.7 Å². The fraction of sp³-hybridized carbons (Fsp3) is 0.611. The molecule has 1 amide bonds. The minimum atomic E-state index is -0.712. The summed E-state index contributed by atoms with van der Waals surface area (Å²) in [6, 6.07) is 6.30. The van der Waals surface area contributed by atoms with Gasteiger partial charge in [0, 0.05) is 13.1 Å². The molecule has 0 spiro atoms. The van der Waals surface area contributed by atoms with Gasteiger partial charge in [-0.1, -0.05) is 25.0 Å². The smallest absolute Gasteiger partial charge is 0.237 e.